The molecule has 0 aromatic carbocycles. The smallest absolute Gasteiger partial charge is 0.225 e. The van der Waals surface area contributed by atoms with Crippen LogP contribution in [-0.2, 0) is 29.1 Å². The van der Waals surface area contributed by atoms with Crippen LogP contribution in [0.25, 0.3) is 0 Å². The number of aromatic nitrogens is 4. The third kappa shape index (κ3) is 12.9. The predicted molar refractivity (Wildman–Crippen MR) is 219 cm³/mol. The van der Waals surface area contributed by atoms with Crippen LogP contribution in [0.4, 0.5) is 0 Å². The minimum atomic E-state index is 0.104. The predicted octanol–water partition coefficient (Wildman–Crippen LogP) is 5.21. The third-order valence-corrected chi connectivity index (χ3v) is 12.3. The van der Waals surface area contributed by atoms with Crippen molar-refractivity contribution in [3.8, 4) is 0 Å². The molecule has 2 amide bonds. The summed E-state index contributed by atoms with van der Waals surface area (Å²) in [6.07, 6.45) is 12.7. The van der Waals surface area contributed by atoms with Gasteiger partial charge >= 0.3 is 0 Å². The van der Waals surface area contributed by atoms with E-state index >= 15 is 0 Å². The fourth-order valence-electron chi connectivity index (χ4n) is 8.63. The Morgan fingerprint density at radius 3 is 1.83 bits per heavy atom. The zero-order chi connectivity index (χ0) is 39.2. The molecule has 1 unspecified atom stereocenters. The van der Waals surface area contributed by atoms with Gasteiger partial charge in [0.1, 0.15) is 0 Å². The summed E-state index contributed by atoms with van der Waals surface area (Å²) in [4.78, 5) is 35.5. The number of carbonyl (C=O) groups excluding carboxylic acids is 2. The molecule has 0 bridgehead atoms. The second-order valence-corrected chi connectivity index (χ2v) is 17.5. The van der Waals surface area contributed by atoms with Crippen molar-refractivity contribution >= 4 is 11.8 Å². The van der Waals surface area contributed by atoms with Crippen LogP contribution in [0, 0.1) is 23.7 Å². The topological polar surface area (TPSA) is 129 Å². The van der Waals surface area contributed by atoms with E-state index in [2.05, 4.69) is 70.6 Å². The summed E-state index contributed by atoms with van der Waals surface area (Å²) in [5.74, 6) is 2.68. The highest BCUT2D eigenvalue weighted by atomic mass is 16.2. The Hall–Kier alpha value is -2.80. The molecule has 2 aliphatic carbocycles. The lowest BCUT2D eigenvalue weighted by molar-refractivity contribution is -0.136. The number of amides is 2. The van der Waals surface area contributed by atoms with E-state index in [9.17, 15) is 9.59 Å². The number of nitrogens with zero attached hydrogens (tertiary/aromatic N) is 6. The molecule has 2 aromatic heterocycles. The Kier molecular flexibility index (Phi) is 18.0. The van der Waals surface area contributed by atoms with Crippen LogP contribution in [0.2, 0.25) is 0 Å². The standard InChI is InChI=1S/C42H76N10O2/c1-30(2)18-22-51(8)41(53)35-16-12-33(13-17-35)40-37(29-50(7)25-21-44-5)38(46-48-40)26-31(3)19-23-52(9)42(54)34-14-10-32(11-15-34)39-36(27-45-47-39)28-49(6)24-20-43-4/h27,30-35,43-44H,10-26,28-29H2,1-9H3,(H,45,47)(H,46,48). The molecule has 2 heterocycles. The molecule has 12 heteroatoms. The molecule has 4 N–H and O–H groups in total. The number of likely N-dealkylation sites (N-methyl/N-ethyl adjacent to an activating group) is 4. The van der Waals surface area contributed by atoms with Gasteiger partial charge in [-0.15, -0.1) is 0 Å². The lowest BCUT2D eigenvalue weighted by Crippen LogP contribution is -2.36. The van der Waals surface area contributed by atoms with Crippen molar-refractivity contribution in [1.82, 2.24) is 50.6 Å². The van der Waals surface area contributed by atoms with E-state index in [4.69, 9.17) is 5.10 Å². The molecule has 1 atom stereocenters. The van der Waals surface area contributed by atoms with Crippen LogP contribution in [0.15, 0.2) is 6.20 Å². The van der Waals surface area contributed by atoms with E-state index in [1.54, 1.807) is 0 Å². The van der Waals surface area contributed by atoms with Gasteiger partial charge in [0, 0.05) is 113 Å². The molecule has 0 saturated heterocycles. The van der Waals surface area contributed by atoms with Gasteiger partial charge in [-0.2, -0.15) is 10.2 Å². The second-order valence-electron chi connectivity index (χ2n) is 17.5. The molecule has 4 rings (SSSR count). The van der Waals surface area contributed by atoms with Crippen molar-refractivity contribution in [1.29, 1.82) is 0 Å². The minimum Gasteiger partial charge on any atom is -0.346 e. The van der Waals surface area contributed by atoms with Gasteiger partial charge in [0.05, 0.1) is 11.9 Å². The third-order valence-electron chi connectivity index (χ3n) is 12.3. The van der Waals surface area contributed by atoms with Crippen molar-refractivity contribution in [2.24, 2.45) is 23.7 Å². The van der Waals surface area contributed by atoms with Gasteiger partial charge in [-0.3, -0.25) is 19.8 Å². The first-order chi connectivity index (χ1) is 25.9. The van der Waals surface area contributed by atoms with Crippen molar-refractivity contribution in [3.63, 3.8) is 0 Å². The average molecular weight is 753 g/mol. The van der Waals surface area contributed by atoms with Gasteiger partial charge in [0.25, 0.3) is 0 Å². The lowest BCUT2D eigenvalue weighted by atomic mass is 9.78. The van der Waals surface area contributed by atoms with Gasteiger partial charge in [-0.05, 0) is 111 Å². The summed E-state index contributed by atoms with van der Waals surface area (Å²) >= 11 is 0. The van der Waals surface area contributed by atoms with E-state index < -0.39 is 0 Å². The second kappa shape index (κ2) is 22.1. The van der Waals surface area contributed by atoms with Crippen LogP contribution in [0.1, 0.15) is 125 Å². The number of rotatable bonds is 22. The first kappa shape index (κ1) is 43.9. The highest BCUT2D eigenvalue weighted by Gasteiger charge is 2.33. The van der Waals surface area contributed by atoms with E-state index in [1.807, 2.05) is 44.2 Å². The Morgan fingerprint density at radius 2 is 1.28 bits per heavy atom. The van der Waals surface area contributed by atoms with Crippen LogP contribution >= 0.6 is 0 Å². The van der Waals surface area contributed by atoms with E-state index in [0.717, 1.165) is 123 Å². The van der Waals surface area contributed by atoms with Crippen LogP contribution in [-0.4, -0.2) is 133 Å². The quantitative estimate of drug-likeness (QED) is 0.129. The van der Waals surface area contributed by atoms with Crippen molar-refractivity contribution in [3.05, 3.63) is 34.4 Å². The Balaban J connectivity index is 1.29. The Labute approximate surface area is 327 Å². The molecule has 0 aliphatic heterocycles. The number of aromatic amines is 2. The van der Waals surface area contributed by atoms with Gasteiger partial charge in [0.2, 0.25) is 11.8 Å². The molecular formula is C42H76N10O2. The molecule has 2 saturated carbocycles. The van der Waals surface area contributed by atoms with E-state index in [0.29, 0.717) is 35.5 Å². The molecule has 2 fully saturated rings. The van der Waals surface area contributed by atoms with E-state index in [-0.39, 0.29) is 11.8 Å². The maximum Gasteiger partial charge on any atom is 0.225 e. The van der Waals surface area contributed by atoms with Gasteiger partial charge in [-0.1, -0.05) is 20.8 Å². The number of nitrogens with one attached hydrogen (secondary N) is 4. The summed E-state index contributed by atoms with van der Waals surface area (Å²) in [6.45, 7) is 14.0. The molecule has 0 spiro atoms. The molecule has 306 valence electrons. The van der Waals surface area contributed by atoms with Gasteiger partial charge in [0.15, 0.2) is 0 Å². The SMILES string of the molecule is CNCCN(C)Cc1cn[nH]c1C1CCC(C(=O)N(C)CCC(C)Cc2[nH]nc(C3CCC(C(=O)N(C)CCC(C)C)CC3)c2CN(C)CCNC)CC1. The van der Waals surface area contributed by atoms with Gasteiger partial charge < -0.3 is 30.2 Å². The van der Waals surface area contributed by atoms with Crippen LogP contribution < -0.4 is 10.6 Å². The average Bonchev–Trinajstić information content (AvgIpc) is 3.80. The van der Waals surface area contributed by atoms with Crippen molar-refractivity contribution in [2.45, 2.75) is 116 Å². The normalized spacial score (nSPS) is 21.3. The fraction of sp³-hybridized carbons (Fsp3) is 0.810. The zero-order valence-electron chi connectivity index (χ0n) is 35.5. The molecule has 0 radical (unpaired) electrons. The molecule has 54 heavy (non-hydrogen) atoms. The van der Waals surface area contributed by atoms with Gasteiger partial charge in [-0.25, -0.2) is 0 Å². The summed E-state index contributed by atoms with van der Waals surface area (Å²) in [5.41, 5.74) is 6.33. The van der Waals surface area contributed by atoms with E-state index in [1.165, 1.54) is 28.2 Å². The summed E-state index contributed by atoms with van der Waals surface area (Å²) in [6, 6.07) is 0. The molecule has 12 nitrogen and oxygen atoms in total. The minimum absolute atomic E-state index is 0.104. The number of carbonyl (C=O) groups is 2. The summed E-state index contributed by atoms with van der Waals surface area (Å²) in [5, 5.41) is 22.7. The number of hydrogen-bond acceptors (Lipinski definition) is 8. The molecule has 2 aromatic rings. The first-order valence-electron chi connectivity index (χ1n) is 21.2. The Morgan fingerprint density at radius 1 is 0.741 bits per heavy atom. The number of hydrogen-bond donors (Lipinski definition) is 4. The van der Waals surface area contributed by atoms with Crippen molar-refractivity contribution < 1.29 is 9.59 Å². The highest BCUT2D eigenvalue weighted by molar-refractivity contribution is 5.79. The Bertz CT molecular complexity index is 1390. The molecule has 2 aliphatic rings. The largest absolute Gasteiger partial charge is 0.346 e. The maximum absolute atomic E-state index is 13.6. The highest BCUT2D eigenvalue weighted by Crippen LogP contribution is 2.39. The summed E-state index contributed by atoms with van der Waals surface area (Å²) < 4.78 is 0. The maximum atomic E-state index is 13.6. The van der Waals surface area contributed by atoms with Crippen LogP contribution in [0.3, 0.4) is 0 Å². The van der Waals surface area contributed by atoms with Crippen molar-refractivity contribution in [2.75, 3.05) is 81.6 Å². The zero-order valence-corrected chi connectivity index (χ0v) is 35.5. The molecular weight excluding hydrogens is 677 g/mol. The first-order valence-corrected chi connectivity index (χ1v) is 21.2. The van der Waals surface area contributed by atoms with Crippen LogP contribution in [0.5, 0.6) is 0 Å². The number of H-pyrrole nitrogens is 2. The lowest BCUT2D eigenvalue weighted by Gasteiger charge is -2.31. The monoisotopic (exact) mass is 753 g/mol. The fourth-order valence-corrected chi connectivity index (χ4v) is 8.63. The summed E-state index contributed by atoms with van der Waals surface area (Å²) in [7, 11) is 12.3.